The minimum atomic E-state index is -1.68. The number of halogens is 3. The molecule has 1 N–H and O–H groups in total. The smallest absolute Gasteiger partial charge is 0.338 e. The topological polar surface area (TPSA) is 77.2 Å². The Morgan fingerprint density at radius 2 is 1.86 bits per heavy atom. The van der Waals surface area contributed by atoms with E-state index in [9.17, 15) is 9.90 Å². The third-order valence-corrected chi connectivity index (χ3v) is 5.10. The van der Waals surface area contributed by atoms with Gasteiger partial charge in [0.15, 0.2) is 0 Å². The highest BCUT2D eigenvalue weighted by molar-refractivity contribution is 6.35. The molecule has 2 aromatic carbocycles. The van der Waals surface area contributed by atoms with Crippen LogP contribution in [0.1, 0.15) is 22.8 Å². The average Bonchev–Trinajstić information content (AvgIpc) is 3.14. The van der Waals surface area contributed by atoms with Gasteiger partial charge in [0.1, 0.15) is 24.4 Å². The standard InChI is InChI=1S/C19H16Cl3N3O3/c1-12(28-18(26)13-2-4-14(20)5-3-13)19(27,9-25-11-23-10-24-25)16-7-6-15(21)8-17(16)22/h2-8,10-12,27H,9H2,1H3/t12-,19?/m1/s1. The molecule has 0 aliphatic rings. The molecule has 0 amide bonds. The number of carbonyl (C=O) groups excluding carboxylic acids is 1. The lowest BCUT2D eigenvalue weighted by Crippen LogP contribution is -2.44. The molecular formula is C19H16Cl3N3O3. The Labute approximate surface area is 176 Å². The molecule has 9 heteroatoms. The van der Waals surface area contributed by atoms with Crippen molar-refractivity contribution in [2.75, 3.05) is 0 Å². The van der Waals surface area contributed by atoms with E-state index in [0.717, 1.165) is 0 Å². The molecule has 1 aromatic heterocycles. The van der Waals surface area contributed by atoms with Gasteiger partial charge in [-0.1, -0.05) is 40.9 Å². The molecule has 1 heterocycles. The van der Waals surface area contributed by atoms with Crippen molar-refractivity contribution in [3.05, 3.63) is 81.3 Å². The number of hydrogen-bond acceptors (Lipinski definition) is 5. The number of aliphatic hydroxyl groups is 1. The summed E-state index contributed by atoms with van der Waals surface area (Å²) in [6, 6.07) is 11.0. The predicted octanol–water partition coefficient (Wildman–Crippen LogP) is 4.37. The number of hydrogen-bond donors (Lipinski definition) is 1. The molecular weight excluding hydrogens is 425 g/mol. The predicted molar refractivity (Wildman–Crippen MR) is 107 cm³/mol. The number of rotatable bonds is 6. The van der Waals surface area contributed by atoms with Gasteiger partial charge >= 0.3 is 5.97 Å². The second-order valence-electron chi connectivity index (χ2n) is 6.20. The van der Waals surface area contributed by atoms with Crippen LogP contribution in [-0.4, -0.2) is 31.9 Å². The summed E-state index contributed by atoms with van der Waals surface area (Å²) >= 11 is 18.2. The molecule has 2 atom stereocenters. The van der Waals surface area contributed by atoms with Crippen molar-refractivity contribution in [1.29, 1.82) is 0 Å². The molecule has 0 radical (unpaired) electrons. The summed E-state index contributed by atoms with van der Waals surface area (Å²) in [5.41, 5.74) is -1.02. The number of benzene rings is 2. The maximum atomic E-state index is 12.5. The molecule has 146 valence electrons. The first-order chi connectivity index (χ1) is 13.3. The zero-order valence-corrected chi connectivity index (χ0v) is 17.0. The molecule has 0 saturated carbocycles. The van der Waals surface area contributed by atoms with Crippen molar-refractivity contribution >= 4 is 40.8 Å². The maximum absolute atomic E-state index is 12.5. The van der Waals surface area contributed by atoms with Crippen molar-refractivity contribution in [3.8, 4) is 0 Å². The summed E-state index contributed by atoms with van der Waals surface area (Å²) in [4.78, 5) is 16.4. The molecule has 0 aliphatic heterocycles. The zero-order valence-electron chi connectivity index (χ0n) is 14.7. The highest BCUT2D eigenvalue weighted by atomic mass is 35.5. The lowest BCUT2D eigenvalue weighted by atomic mass is 9.88. The van der Waals surface area contributed by atoms with Gasteiger partial charge in [-0.15, -0.1) is 0 Å². The van der Waals surface area contributed by atoms with Gasteiger partial charge in [0.2, 0.25) is 0 Å². The first-order valence-electron chi connectivity index (χ1n) is 8.26. The SMILES string of the molecule is C[C@@H](OC(=O)c1ccc(Cl)cc1)C(O)(Cn1cncn1)c1ccc(Cl)cc1Cl. The molecule has 6 nitrogen and oxygen atoms in total. The number of nitrogens with zero attached hydrogens (tertiary/aromatic N) is 3. The van der Waals surface area contributed by atoms with Crippen molar-refractivity contribution < 1.29 is 14.6 Å². The Hall–Kier alpha value is -2.12. The van der Waals surface area contributed by atoms with E-state index in [-0.39, 0.29) is 11.6 Å². The van der Waals surface area contributed by atoms with Crippen LogP contribution in [-0.2, 0) is 16.9 Å². The number of aromatic nitrogens is 3. The molecule has 28 heavy (non-hydrogen) atoms. The Balaban J connectivity index is 1.93. The van der Waals surface area contributed by atoms with Crippen LogP contribution in [0.5, 0.6) is 0 Å². The molecule has 1 unspecified atom stereocenters. The summed E-state index contributed by atoms with van der Waals surface area (Å²) in [7, 11) is 0. The Morgan fingerprint density at radius 1 is 1.18 bits per heavy atom. The summed E-state index contributed by atoms with van der Waals surface area (Å²) < 4.78 is 6.97. The molecule has 0 saturated heterocycles. The lowest BCUT2D eigenvalue weighted by Gasteiger charge is -2.34. The van der Waals surface area contributed by atoms with Gasteiger partial charge in [-0.05, 0) is 43.3 Å². The monoisotopic (exact) mass is 439 g/mol. The van der Waals surface area contributed by atoms with E-state index in [1.54, 1.807) is 43.3 Å². The molecule has 0 bridgehead atoms. The average molecular weight is 441 g/mol. The van der Waals surface area contributed by atoms with Gasteiger partial charge in [0.25, 0.3) is 0 Å². The lowest BCUT2D eigenvalue weighted by molar-refractivity contribution is -0.0943. The third-order valence-electron chi connectivity index (χ3n) is 4.30. The van der Waals surface area contributed by atoms with E-state index in [4.69, 9.17) is 39.5 Å². The van der Waals surface area contributed by atoms with Crippen LogP contribution in [0.2, 0.25) is 15.1 Å². The zero-order chi connectivity index (χ0) is 20.3. The number of ether oxygens (including phenoxy) is 1. The van der Waals surface area contributed by atoms with Crippen LogP contribution in [0.25, 0.3) is 0 Å². The van der Waals surface area contributed by atoms with Gasteiger partial charge in [0.05, 0.1) is 12.1 Å². The summed E-state index contributed by atoms with van der Waals surface area (Å²) in [5, 5.41) is 16.7. The Kier molecular flexibility index (Phi) is 6.25. The third kappa shape index (κ3) is 4.47. The second kappa shape index (κ2) is 8.49. The van der Waals surface area contributed by atoms with Crippen molar-refractivity contribution in [3.63, 3.8) is 0 Å². The summed E-state index contributed by atoms with van der Waals surface area (Å²) in [6.45, 7) is 1.54. The van der Waals surface area contributed by atoms with Gasteiger partial charge < -0.3 is 9.84 Å². The van der Waals surface area contributed by atoms with E-state index in [1.165, 1.54) is 23.4 Å². The Bertz CT molecular complexity index is 964. The van der Waals surface area contributed by atoms with E-state index in [0.29, 0.717) is 21.2 Å². The summed E-state index contributed by atoms with van der Waals surface area (Å²) in [5.74, 6) is -0.605. The first kappa shape index (κ1) is 20.6. The van der Waals surface area contributed by atoms with E-state index >= 15 is 0 Å². The van der Waals surface area contributed by atoms with Gasteiger partial charge in [-0.3, -0.25) is 0 Å². The fourth-order valence-corrected chi connectivity index (χ4v) is 3.44. The summed E-state index contributed by atoms with van der Waals surface area (Å²) in [6.07, 6.45) is 1.81. The maximum Gasteiger partial charge on any atom is 0.338 e. The fourth-order valence-electron chi connectivity index (χ4n) is 2.75. The largest absolute Gasteiger partial charge is 0.456 e. The van der Waals surface area contributed by atoms with Crippen molar-refractivity contribution in [2.24, 2.45) is 0 Å². The second-order valence-corrected chi connectivity index (χ2v) is 7.48. The number of carbonyl (C=O) groups is 1. The van der Waals surface area contributed by atoms with E-state index < -0.39 is 17.7 Å². The molecule has 0 aliphatic carbocycles. The van der Waals surface area contributed by atoms with E-state index in [1.807, 2.05) is 0 Å². The molecule has 0 spiro atoms. The van der Waals surface area contributed by atoms with Crippen LogP contribution in [0.15, 0.2) is 55.1 Å². The van der Waals surface area contributed by atoms with Crippen molar-refractivity contribution in [2.45, 2.75) is 25.2 Å². The Morgan fingerprint density at radius 3 is 2.46 bits per heavy atom. The minimum Gasteiger partial charge on any atom is -0.456 e. The molecule has 3 rings (SSSR count). The fraction of sp³-hybridized carbons (Fsp3) is 0.211. The molecule has 3 aromatic rings. The van der Waals surface area contributed by atoms with Crippen LogP contribution in [0, 0.1) is 0 Å². The number of esters is 1. The van der Waals surface area contributed by atoms with Crippen LogP contribution in [0.3, 0.4) is 0 Å². The van der Waals surface area contributed by atoms with Crippen LogP contribution >= 0.6 is 34.8 Å². The minimum absolute atomic E-state index is 0.0383. The van der Waals surface area contributed by atoms with Crippen LogP contribution < -0.4 is 0 Å². The van der Waals surface area contributed by atoms with Crippen LogP contribution in [0.4, 0.5) is 0 Å². The highest BCUT2D eigenvalue weighted by Crippen LogP contribution is 2.36. The normalized spacial score (nSPS) is 14.3. The van der Waals surface area contributed by atoms with Gasteiger partial charge in [0, 0.05) is 20.6 Å². The van der Waals surface area contributed by atoms with Crippen molar-refractivity contribution in [1.82, 2.24) is 14.8 Å². The van der Waals surface area contributed by atoms with Gasteiger partial charge in [-0.2, -0.15) is 5.10 Å². The van der Waals surface area contributed by atoms with Gasteiger partial charge in [-0.25, -0.2) is 14.5 Å². The highest BCUT2D eigenvalue weighted by Gasteiger charge is 2.41. The van der Waals surface area contributed by atoms with E-state index in [2.05, 4.69) is 10.1 Å². The molecule has 0 fully saturated rings. The first-order valence-corrected chi connectivity index (χ1v) is 9.40. The quantitative estimate of drug-likeness (QED) is 0.576.